The molecule has 4 heteroatoms. The Morgan fingerprint density at radius 1 is 1.09 bits per heavy atom. The lowest BCUT2D eigenvalue weighted by Crippen LogP contribution is -2.41. The molecule has 2 N–H and O–H groups in total. The second-order valence-electron chi connectivity index (χ2n) is 5.65. The molecule has 0 aliphatic carbocycles. The SMILES string of the molecule is CC.Cc1ccc(S(=O)NC(C)(C)CCO)c2ccccc12. The van der Waals surface area contributed by atoms with Gasteiger partial charge in [0.25, 0.3) is 0 Å². The number of aryl methyl sites for hydroxylation is 1. The topological polar surface area (TPSA) is 49.3 Å². The van der Waals surface area contributed by atoms with Gasteiger partial charge in [-0.2, -0.15) is 0 Å². The second kappa shape index (κ2) is 8.42. The largest absolute Gasteiger partial charge is 0.396 e. The van der Waals surface area contributed by atoms with E-state index in [4.69, 9.17) is 5.11 Å². The van der Waals surface area contributed by atoms with Gasteiger partial charge in [0, 0.05) is 12.1 Å². The van der Waals surface area contributed by atoms with Crippen molar-refractivity contribution >= 4 is 21.8 Å². The molecule has 0 saturated heterocycles. The minimum Gasteiger partial charge on any atom is -0.396 e. The number of hydrogen-bond donors (Lipinski definition) is 2. The van der Waals surface area contributed by atoms with E-state index in [9.17, 15) is 4.21 Å². The summed E-state index contributed by atoms with van der Waals surface area (Å²) in [5.74, 6) is 0. The Balaban J connectivity index is 0.00000116. The van der Waals surface area contributed by atoms with Gasteiger partial charge in [0.05, 0.1) is 4.90 Å². The number of hydrogen-bond acceptors (Lipinski definition) is 2. The van der Waals surface area contributed by atoms with Gasteiger partial charge in [0.15, 0.2) is 0 Å². The normalized spacial score (nSPS) is 12.6. The van der Waals surface area contributed by atoms with Gasteiger partial charge in [-0.3, -0.25) is 0 Å². The highest BCUT2D eigenvalue weighted by atomic mass is 32.2. The molecular weight excluding hydrogens is 294 g/mol. The molecule has 3 nitrogen and oxygen atoms in total. The summed E-state index contributed by atoms with van der Waals surface area (Å²) in [7, 11) is -1.30. The van der Waals surface area contributed by atoms with Crippen LogP contribution in [0.25, 0.3) is 10.8 Å². The van der Waals surface area contributed by atoms with Crippen LogP contribution in [0.3, 0.4) is 0 Å². The lowest BCUT2D eigenvalue weighted by molar-refractivity contribution is 0.247. The minimum atomic E-state index is -1.30. The number of benzene rings is 2. The van der Waals surface area contributed by atoms with Gasteiger partial charge in [-0.15, -0.1) is 0 Å². The summed E-state index contributed by atoms with van der Waals surface area (Å²) in [6.45, 7) is 10.0. The van der Waals surface area contributed by atoms with Crippen LogP contribution in [0.15, 0.2) is 41.3 Å². The molecule has 0 aromatic heterocycles. The molecule has 0 saturated carbocycles. The van der Waals surface area contributed by atoms with Crippen molar-refractivity contribution in [2.45, 2.75) is 51.5 Å². The fourth-order valence-electron chi connectivity index (χ4n) is 2.22. The fourth-order valence-corrected chi connectivity index (χ4v) is 3.50. The number of fused-ring (bicyclic) bond motifs is 1. The third-order valence-corrected chi connectivity index (χ3v) is 4.90. The van der Waals surface area contributed by atoms with Gasteiger partial charge in [-0.25, -0.2) is 8.93 Å². The molecule has 0 heterocycles. The smallest absolute Gasteiger partial charge is 0.126 e. The summed E-state index contributed by atoms with van der Waals surface area (Å²) in [6, 6.07) is 11.9. The standard InChI is InChI=1S/C16H21NO2S.C2H6/c1-12-8-9-15(14-7-5-4-6-13(12)14)20(19)17-16(2,3)10-11-18;1-2/h4-9,17-18H,10-11H2,1-3H3;1-2H3. The van der Waals surface area contributed by atoms with Crippen molar-refractivity contribution in [1.29, 1.82) is 0 Å². The van der Waals surface area contributed by atoms with Crippen molar-refractivity contribution in [1.82, 2.24) is 4.72 Å². The molecule has 0 radical (unpaired) electrons. The van der Waals surface area contributed by atoms with E-state index in [0.29, 0.717) is 6.42 Å². The fraction of sp³-hybridized carbons (Fsp3) is 0.444. The molecular formula is C18H27NO2S. The number of aliphatic hydroxyl groups excluding tert-OH is 1. The first kappa shape index (κ1) is 18.8. The molecule has 22 heavy (non-hydrogen) atoms. The third-order valence-electron chi connectivity index (χ3n) is 3.41. The second-order valence-corrected chi connectivity index (χ2v) is 6.84. The van der Waals surface area contributed by atoms with Crippen molar-refractivity contribution in [2.24, 2.45) is 0 Å². The first-order valence-electron chi connectivity index (χ1n) is 7.73. The summed E-state index contributed by atoms with van der Waals surface area (Å²) < 4.78 is 15.7. The first-order chi connectivity index (χ1) is 10.4. The first-order valence-corrected chi connectivity index (χ1v) is 8.88. The van der Waals surface area contributed by atoms with Crippen molar-refractivity contribution in [3.63, 3.8) is 0 Å². The Hall–Kier alpha value is -1.23. The molecule has 0 amide bonds. The zero-order valence-corrected chi connectivity index (χ0v) is 15.0. The molecule has 1 atom stereocenters. The minimum absolute atomic E-state index is 0.0752. The summed E-state index contributed by atoms with van der Waals surface area (Å²) >= 11 is 0. The summed E-state index contributed by atoms with van der Waals surface area (Å²) in [5, 5.41) is 11.2. The molecule has 2 rings (SSSR count). The highest BCUT2D eigenvalue weighted by Crippen LogP contribution is 2.25. The Bertz CT molecular complexity index is 638. The Morgan fingerprint density at radius 2 is 1.68 bits per heavy atom. The molecule has 0 bridgehead atoms. The van der Waals surface area contributed by atoms with Crippen molar-refractivity contribution in [3.8, 4) is 0 Å². The van der Waals surface area contributed by atoms with Crippen LogP contribution in [0.4, 0.5) is 0 Å². The van der Waals surface area contributed by atoms with Crippen LogP contribution in [0.5, 0.6) is 0 Å². The maximum Gasteiger partial charge on any atom is 0.126 e. The van der Waals surface area contributed by atoms with Gasteiger partial charge in [-0.1, -0.05) is 44.2 Å². The van der Waals surface area contributed by atoms with Gasteiger partial charge < -0.3 is 5.11 Å². The monoisotopic (exact) mass is 321 g/mol. The Morgan fingerprint density at radius 3 is 2.27 bits per heavy atom. The quantitative estimate of drug-likeness (QED) is 0.876. The molecule has 122 valence electrons. The van der Waals surface area contributed by atoms with E-state index in [1.54, 1.807) is 0 Å². The predicted octanol–water partition coefficient (Wildman–Crippen LogP) is 3.95. The number of aliphatic hydroxyl groups is 1. The number of rotatable bonds is 5. The molecule has 2 aromatic carbocycles. The van der Waals surface area contributed by atoms with Crippen LogP contribution < -0.4 is 4.72 Å². The average molecular weight is 321 g/mol. The van der Waals surface area contributed by atoms with Crippen LogP contribution in [0.2, 0.25) is 0 Å². The molecule has 0 fully saturated rings. The van der Waals surface area contributed by atoms with Crippen LogP contribution in [0, 0.1) is 6.92 Å². The van der Waals surface area contributed by atoms with Gasteiger partial charge >= 0.3 is 0 Å². The highest BCUT2D eigenvalue weighted by molar-refractivity contribution is 7.83. The van der Waals surface area contributed by atoms with Crippen molar-refractivity contribution in [3.05, 3.63) is 42.0 Å². The maximum atomic E-state index is 12.6. The van der Waals surface area contributed by atoms with Crippen molar-refractivity contribution in [2.75, 3.05) is 6.61 Å². The van der Waals surface area contributed by atoms with E-state index in [-0.39, 0.29) is 12.1 Å². The van der Waals surface area contributed by atoms with E-state index in [0.717, 1.165) is 15.7 Å². The van der Waals surface area contributed by atoms with Crippen LogP contribution in [-0.2, 0) is 11.0 Å². The summed E-state index contributed by atoms with van der Waals surface area (Å²) in [5.41, 5.74) is 0.807. The highest BCUT2D eigenvalue weighted by Gasteiger charge is 2.21. The van der Waals surface area contributed by atoms with Crippen molar-refractivity contribution < 1.29 is 9.32 Å². The van der Waals surface area contributed by atoms with E-state index >= 15 is 0 Å². The van der Waals surface area contributed by atoms with Gasteiger partial charge in [-0.05, 0) is 49.6 Å². The lowest BCUT2D eigenvalue weighted by atomic mass is 10.0. The van der Waals surface area contributed by atoms with E-state index in [1.165, 1.54) is 5.56 Å². The van der Waals surface area contributed by atoms with E-state index < -0.39 is 11.0 Å². The zero-order chi connectivity index (χ0) is 16.8. The van der Waals surface area contributed by atoms with Crippen LogP contribution >= 0.6 is 0 Å². The van der Waals surface area contributed by atoms with Gasteiger partial charge in [0.1, 0.15) is 11.0 Å². The molecule has 1 unspecified atom stereocenters. The number of nitrogens with one attached hydrogen (secondary N) is 1. The average Bonchev–Trinajstić information content (AvgIpc) is 2.49. The Labute approximate surface area is 136 Å². The lowest BCUT2D eigenvalue weighted by Gasteiger charge is -2.25. The molecule has 0 spiro atoms. The molecule has 2 aromatic rings. The summed E-state index contributed by atoms with van der Waals surface area (Å²) in [6.07, 6.45) is 0.558. The third kappa shape index (κ3) is 4.63. The van der Waals surface area contributed by atoms with Crippen LogP contribution in [-0.4, -0.2) is 21.5 Å². The molecule has 0 aliphatic rings. The maximum absolute atomic E-state index is 12.6. The van der Waals surface area contributed by atoms with Gasteiger partial charge in [0.2, 0.25) is 0 Å². The van der Waals surface area contributed by atoms with E-state index in [2.05, 4.69) is 11.6 Å². The van der Waals surface area contributed by atoms with E-state index in [1.807, 2.05) is 64.1 Å². The Kier molecular flexibility index (Phi) is 7.20. The summed E-state index contributed by atoms with van der Waals surface area (Å²) in [4.78, 5) is 0.789. The predicted molar refractivity (Wildman–Crippen MR) is 95.4 cm³/mol. The zero-order valence-electron chi connectivity index (χ0n) is 14.1. The molecule has 0 aliphatic heterocycles. The van der Waals surface area contributed by atoms with Crippen LogP contribution in [0.1, 0.15) is 39.7 Å².